The first-order chi connectivity index (χ1) is 16.0. The van der Waals surface area contributed by atoms with E-state index >= 15 is 0 Å². The molecule has 0 aromatic heterocycles. The zero-order valence-corrected chi connectivity index (χ0v) is 19.7. The number of nitrogens with zero attached hydrogens (tertiary/aromatic N) is 1. The van der Waals surface area contributed by atoms with Crippen molar-refractivity contribution in [1.29, 1.82) is 0 Å². The Hall–Kier alpha value is -3.49. The lowest BCUT2D eigenvalue weighted by Crippen LogP contribution is -2.38. The fourth-order valence-electron chi connectivity index (χ4n) is 5.81. The fourth-order valence-corrected chi connectivity index (χ4v) is 8.93. The van der Waals surface area contributed by atoms with Crippen LogP contribution in [0.1, 0.15) is 35.0 Å². The molecule has 0 fully saturated rings. The van der Waals surface area contributed by atoms with Crippen LogP contribution in [0.3, 0.4) is 0 Å². The summed E-state index contributed by atoms with van der Waals surface area (Å²) in [6.45, 7) is 8.49. The number of aryl methyl sites for hydroxylation is 3. The lowest BCUT2D eigenvalue weighted by molar-refractivity contribution is 0.360. The van der Waals surface area contributed by atoms with Gasteiger partial charge in [-0.15, -0.1) is 0 Å². The molecule has 0 amide bonds. The van der Waals surface area contributed by atoms with E-state index in [9.17, 15) is 0 Å². The van der Waals surface area contributed by atoms with Crippen LogP contribution in [0.2, 0.25) is 0 Å². The molecule has 2 atom stereocenters. The molecular formula is C28H21NO3P+. The van der Waals surface area contributed by atoms with Crippen LogP contribution in [-0.2, 0) is 0 Å². The Balaban J connectivity index is 1.68. The number of hydrogen-bond donors (Lipinski definition) is 0. The monoisotopic (exact) mass is 450 g/mol. The summed E-state index contributed by atoms with van der Waals surface area (Å²) >= 11 is 0. The average molecular weight is 450 g/mol. The van der Waals surface area contributed by atoms with Crippen LogP contribution in [-0.4, -0.2) is 0 Å². The van der Waals surface area contributed by atoms with Gasteiger partial charge in [0.2, 0.25) is 15.7 Å². The maximum absolute atomic E-state index is 6.65. The van der Waals surface area contributed by atoms with Gasteiger partial charge in [-0.1, -0.05) is 12.1 Å². The molecule has 4 heterocycles. The maximum atomic E-state index is 6.65. The van der Waals surface area contributed by atoms with E-state index in [2.05, 4.69) is 81.1 Å². The van der Waals surface area contributed by atoms with Gasteiger partial charge in [-0.05, 0) is 86.4 Å². The lowest BCUT2D eigenvalue weighted by Gasteiger charge is -2.41. The Kier molecular flexibility index (Phi) is 3.11. The van der Waals surface area contributed by atoms with Crippen molar-refractivity contribution >= 4 is 46.3 Å². The van der Waals surface area contributed by atoms with Gasteiger partial charge >= 0.3 is 0 Å². The number of rotatable bonds is 0. The van der Waals surface area contributed by atoms with Crippen LogP contribution in [0.4, 0.5) is 11.4 Å². The Morgan fingerprint density at radius 1 is 0.848 bits per heavy atom. The molecule has 0 bridgehead atoms. The van der Waals surface area contributed by atoms with E-state index in [1.807, 2.05) is 0 Å². The van der Waals surface area contributed by atoms with Crippen molar-refractivity contribution in [3.05, 3.63) is 81.7 Å². The van der Waals surface area contributed by atoms with E-state index in [0.717, 1.165) is 50.5 Å². The van der Waals surface area contributed by atoms with Crippen LogP contribution in [0.25, 0.3) is 32.7 Å². The molecule has 8 rings (SSSR count). The van der Waals surface area contributed by atoms with E-state index in [1.165, 1.54) is 32.5 Å². The topological polar surface area (TPSA) is 38.8 Å². The largest absolute Gasteiger partial charge is 0.457 e. The zero-order chi connectivity index (χ0) is 22.2. The minimum atomic E-state index is -0.793. The third-order valence-corrected chi connectivity index (χ3v) is 9.90. The molecular weight excluding hydrogens is 429 g/mol. The number of ether oxygens (including phenoxy) is 1. The van der Waals surface area contributed by atoms with Crippen molar-refractivity contribution in [3.8, 4) is 11.1 Å². The Morgan fingerprint density at radius 2 is 1.64 bits per heavy atom. The summed E-state index contributed by atoms with van der Waals surface area (Å²) in [5.41, 5.74) is 10.8. The normalized spacial score (nSPS) is 18.2. The van der Waals surface area contributed by atoms with Crippen molar-refractivity contribution in [2.24, 2.45) is 0 Å². The highest BCUT2D eigenvalue weighted by molar-refractivity contribution is 7.64. The first-order valence-electron chi connectivity index (χ1n) is 11.3. The van der Waals surface area contributed by atoms with Gasteiger partial charge in [-0.25, -0.2) is 0 Å². The highest BCUT2D eigenvalue weighted by Gasteiger charge is 2.51. The molecule has 4 nitrogen and oxygen atoms in total. The highest BCUT2D eigenvalue weighted by Crippen LogP contribution is 2.66. The summed E-state index contributed by atoms with van der Waals surface area (Å²) in [6, 6.07) is 15.2. The second-order valence-electron chi connectivity index (χ2n) is 9.52. The molecule has 2 unspecified atom stereocenters. The minimum absolute atomic E-state index is 0.00604. The van der Waals surface area contributed by atoms with Gasteiger partial charge in [-0.3, -0.25) is 0 Å². The van der Waals surface area contributed by atoms with Crippen molar-refractivity contribution in [2.75, 3.05) is 4.90 Å². The second-order valence-corrected chi connectivity index (χ2v) is 11.6. The summed E-state index contributed by atoms with van der Waals surface area (Å²) in [6.07, 6.45) is 2.17. The molecule has 0 spiro atoms. The third-order valence-electron chi connectivity index (χ3n) is 7.20. The molecule has 1 aliphatic carbocycles. The molecule has 5 aliphatic rings. The number of fused-ring (bicyclic) bond motifs is 3. The molecule has 3 aromatic carbocycles. The van der Waals surface area contributed by atoms with Crippen LogP contribution >= 0.6 is 7.53 Å². The highest BCUT2D eigenvalue weighted by atomic mass is 31.1. The molecule has 0 saturated heterocycles. The number of benzene rings is 3. The number of hydrogen-bond acceptors (Lipinski definition) is 4. The van der Waals surface area contributed by atoms with E-state index in [-0.39, 0.29) is 6.04 Å². The van der Waals surface area contributed by atoms with Crippen molar-refractivity contribution < 1.29 is 13.6 Å². The molecule has 4 aliphatic heterocycles. The molecule has 0 N–H and O–H groups in total. The van der Waals surface area contributed by atoms with E-state index < -0.39 is 7.53 Å². The number of allylic oxidation sites excluding steroid dienone is 1. The number of anilines is 2. The predicted molar refractivity (Wildman–Crippen MR) is 133 cm³/mol. The van der Waals surface area contributed by atoms with Crippen LogP contribution in [0, 0.1) is 20.8 Å². The standard InChI is InChI=1S/C28H21NO3P/c1-13-5-7-17-19(9-13)30-20-12-16(4)25-28-23(20)29(17)18-8-6-15(3)24-26(18)33(28)27-21(31-24)10-14(2)11-22(27)32-25/h5-12,23H,1-4H3/q+1. The van der Waals surface area contributed by atoms with Gasteiger partial charge in [0.1, 0.15) is 5.76 Å². The summed E-state index contributed by atoms with van der Waals surface area (Å²) in [4.78, 5) is 2.44. The third kappa shape index (κ3) is 2.06. The molecule has 160 valence electrons. The molecule has 33 heavy (non-hydrogen) atoms. The SMILES string of the molecule is CC1=c2oc3cc(C)cc4oc5c(C)ccc6c5[p+](c2C2C(=C1)Oc1cc(C)ccc1N62)-c34. The summed E-state index contributed by atoms with van der Waals surface area (Å²) in [7, 11) is -0.793. The average Bonchev–Trinajstić information content (AvgIpc) is 2.78. The Morgan fingerprint density at radius 3 is 2.48 bits per heavy atom. The van der Waals surface area contributed by atoms with Gasteiger partial charge in [0.25, 0.3) is 0 Å². The first kappa shape index (κ1) is 18.0. The second kappa shape index (κ2) is 5.70. The summed E-state index contributed by atoms with van der Waals surface area (Å²) in [5.74, 6) is 1.88. The molecule has 0 saturated carbocycles. The van der Waals surface area contributed by atoms with E-state index in [1.54, 1.807) is 0 Å². The van der Waals surface area contributed by atoms with Gasteiger partial charge in [0.15, 0.2) is 41.5 Å². The Labute approximate surface area is 191 Å². The lowest BCUT2D eigenvalue weighted by atomic mass is 9.98. The van der Waals surface area contributed by atoms with E-state index in [0.29, 0.717) is 0 Å². The predicted octanol–water partition coefficient (Wildman–Crippen LogP) is 7.73. The van der Waals surface area contributed by atoms with Crippen molar-refractivity contribution in [3.63, 3.8) is 0 Å². The van der Waals surface area contributed by atoms with Gasteiger partial charge in [-0.2, -0.15) is 0 Å². The molecule has 3 aromatic rings. The Bertz CT molecular complexity index is 1800. The quantitative estimate of drug-likeness (QED) is 0.179. The van der Waals surface area contributed by atoms with Crippen LogP contribution in [0.5, 0.6) is 5.75 Å². The van der Waals surface area contributed by atoms with Crippen molar-refractivity contribution in [1.82, 2.24) is 0 Å². The fraction of sp³-hybridized carbons (Fsp3) is 0.179. The van der Waals surface area contributed by atoms with E-state index in [4.69, 9.17) is 13.6 Å². The van der Waals surface area contributed by atoms with Gasteiger partial charge in [0.05, 0.1) is 11.4 Å². The van der Waals surface area contributed by atoms with Gasteiger partial charge in [0, 0.05) is 0 Å². The molecule has 5 heteroatoms. The first-order valence-corrected chi connectivity index (χ1v) is 12.7. The smallest absolute Gasteiger partial charge is 0.239 e. The molecule has 0 radical (unpaired) electrons. The summed E-state index contributed by atoms with van der Waals surface area (Å²) in [5, 5.41) is 3.83. The van der Waals surface area contributed by atoms with Crippen LogP contribution < -0.4 is 15.1 Å². The maximum Gasteiger partial charge on any atom is 0.239 e. The van der Waals surface area contributed by atoms with Crippen LogP contribution in [0.15, 0.2) is 63.1 Å². The van der Waals surface area contributed by atoms with Gasteiger partial charge < -0.3 is 18.5 Å². The minimum Gasteiger partial charge on any atom is -0.457 e. The van der Waals surface area contributed by atoms with Crippen molar-refractivity contribution in [2.45, 2.75) is 33.7 Å². The summed E-state index contributed by atoms with van der Waals surface area (Å²) < 4.78 is 19.8. The zero-order valence-electron chi connectivity index (χ0n) is 18.8.